The number of carbonyl (C=O) groups is 2. The zero-order chi connectivity index (χ0) is 7.98. The lowest BCUT2D eigenvalue weighted by Gasteiger charge is -1.99. The van der Waals surface area contributed by atoms with Crippen molar-refractivity contribution in [2.45, 2.75) is 33.1 Å². The highest BCUT2D eigenvalue weighted by Crippen LogP contribution is 2.03. The lowest BCUT2D eigenvalue weighted by Crippen LogP contribution is -2.01. The maximum atomic E-state index is 10.7. The minimum absolute atomic E-state index is 0.0375. The standard InChI is InChI=1S/C8H14O2/c1-3-8(10)5-4-7(2)6-9/h6-7H,3-5H2,1-2H3/t7-/m1/s1. The molecule has 0 aromatic rings. The van der Waals surface area contributed by atoms with Crippen LogP contribution in [-0.2, 0) is 9.59 Å². The molecule has 0 aliphatic carbocycles. The van der Waals surface area contributed by atoms with Crippen LogP contribution in [-0.4, -0.2) is 12.1 Å². The molecule has 0 aliphatic heterocycles. The Labute approximate surface area is 61.6 Å². The lowest BCUT2D eigenvalue weighted by atomic mass is 10.0. The minimum atomic E-state index is 0.0375. The summed E-state index contributed by atoms with van der Waals surface area (Å²) in [6, 6.07) is 0. The van der Waals surface area contributed by atoms with Crippen molar-refractivity contribution >= 4 is 12.1 Å². The minimum Gasteiger partial charge on any atom is -0.303 e. The van der Waals surface area contributed by atoms with E-state index in [0.717, 1.165) is 6.29 Å². The molecule has 0 saturated heterocycles. The molecule has 0 unspecified atom stereocenters. The molecule has 0 bridgehead atoms. The van der Waals surface area contributed by atoms with Crippen molar-refractivity contribution < 1.29 is 9.59 Å². The zero-order valence-electron chi connectivity index (χ0n) is 6.59. The number of carbonyl (C=O) groups excluding carboxylic acids is 2. The van der Waals surface area contributed by atoms with Crippen LogP contribution in [0.3, 0.4) is 0 Å². The fourth-order valence-corrected chi connectivity index (χ4v) is 0.633. The van der Waals surface area contributed by atoms with Crippen LogP contribution >= 0.6 is 0 Å². The van der Waals surface area contributed by atoms with Gasteiger partial charge in [-0.1, -0.05) is 13.8 Å². The molecule has 2 nitrogen and oxygen atoms in total. The molecule has 0 amide bonds. The summed E-state index contributed by atoms with van der Waals surface area (Å²) in [6.07, 6.45) is 2.74. The summed E-state index contributed by atoms with van der Waals surface area (Å²) in [4.78, 5) is 20.8. The van der Waals surface area contributed by atoms with E-state index in [0.29, 0.717) is 19.3 Å². The third kappa shape index (κ3) is 4.24. The predicted octanol–water partition coefficient (Wildman–Crippen LogP) is 1.58. The van der Waals surface area contributed by atoms with E-state index in [1.807, 2.05) is 13.8 Å². The second kappa shape index (κ2) is 5.15. The van der Waals surface area contributed by atoms with Gasteiger partial charge < -0.3 is 4.79 Å². The molecule has 10 heavy (non-hydrogen) atoms. The molecule has 0 spiro atoms. The molecule has 0 aromatic heterocycles. The van der Waals surface area contributed by atoms with E-state index >= 15 is 0 Å². The van der Waals surface area contributed by atoms with Crippen molar-refractivity contribution in [3.8, 4) is 0 Å². The highest BCUT2D eigenvalue weighted by Gasteiger charge is 2.02. The van der Waals surface area contributed by atoms with Gasteiger partial charge in [0.05, 0.1) is 0 Å². The second-order valence-corrected chi connectivity index (χ2v) is 2.54. The van der Waals surface area contributed by atoms with E-state index in [4.69, 9.17) is 0 Å². The van der Waals surface area contributed by atoms with E-state index in [-0.39, 0.29) is 11.7 Å². The van der Waals surface area contributed by atoms with Gasteiger partial charge in [0.25, 0.3) is 0 Å². The van der Waals surface area contributed by atoms with Crippen molar-refractivity contribution in [2.24, 2.45) is 5.92 Å². The Balaban J connectivity index is 3.34. The zero-order valence-corrected chi connectivity index (χ0v) is 6.59. The summed E-state index contributed by atoms with van der Waals surface area (Å²) in [5.41, 5.74) is 0. The van der Waals surface area contributed by atoms with E-state index in [1.165, 1.54) is 0 Å². The number of hydrogen-bond acceptors (Lipinski definition) is 2. The Morgan fingerprint density at radius 2 is 2.20 bits per heavy atom. The van der Waals surface area contributed by atoms with Crippen LogP contribution in [0.1, 0.15) is 33.1 Å². The first-order valence-electron chi connectivity index (χ1n) is 3.67. The molecule has 0 rings (SSSR count). The van der Waals surface area contributed by atoms with Crippen LogP contribution in [0.4, 0.5) is 0 Å². The van der Waals surface area contributed by atoms with Crippen LogP contribution in [0, 0.1) is 5.92 Å². The van der Waals surface area contributed by atoms with Gasteiger partial charge in [0, 0.05) is 18.8 Å². The molecule has 0 aromatic carbocycles. The number of rotatable bonds is 5. The third-order valence-corrected chi connectivity index (χ3v) is 1.51. The number of aldehydes is 1. The van der Waals surface area contributed by atoms with E-state index in [2.05, 4.69) is 0 Å². The first kappa shape index (κ1) is 9.34. The van der Waals surface area contributed by atoms with Gasteiger partial charge in [0.15, 0.2) is 0 Å². The Kier molecular flexibility index (Phi) is 4.81. The van der Waals surface area contributed by atoms with Gasteiger partial charge in [-0.05, 0) is 6.42 Å². The van der Waals surface area contributed by atoms with Crippen molar-refractivity contribution in [1.82, 2.24) is 0 Å². The largest absolute Gasteiger partial charge is 0.303 e. The van der Waals surface area contributed by atoms with Gasteiger partial charge in [-0.3, -0.25) is 4.79 Å². The Morgan fingerprint density at radius 1 is 1.60 bits per heavy atom. The highest BCUT2D eigenvalue weighted by molar-refractivity contribution is 5.78. The highest BCUT2D eigenvalue weighted by atomic mass is 16.1. The van der Waals surface area contributed by atoms with Crippen LogP contribution in [0.25, 0.3) is 0 Å². The van der Waals surface area contributed by atoms with Crippen LogP contribution in [0.15, 0.2) is 0 Å². The summed E-state index contributed by atoms with van der Waals surface area (Å²) >= 11 is 0. The van der Waals surface area contributed by atoms with Crippen molar-refractivity contribution in [2.75, 3.05) is 0 Å². The topological polar surface area (TPSA) is 34.1 Å². The van der Waals surface area contributed by atoms with Crippen molar-refractivity contribution in [1.29, 1.82) is 0 Å². The molecule has 0 radical (unpaired) electrons. The van der Waals surface area contributed by atoms with E-state index < -0.39 is 0 Å². The lowest BCUT2D eigenvalue weighted by molar-refractivity contribution is -0.119. The van der Waals surface area contributed by atoms with Crippen molar-refractivity contribution in [3.05, 3.63) is 0 Å². The fourth-order valence-electron chi connectivity index (χ4n) is 0.633. The summed E-state index contributed by atoms with van der Waals surface area (Å²) < 4.78 is 0. The summed E-state index contributed by atoms with van der Waals surface area (Å²) in [5.74, 6) is 0.282. The Bertz CT molecular complexity index is 118. The SMILES string of the molecule is CCC(=O)CC[C@@H](C)C=O. The van der Waals surface area contributed by atoms with Gasteiger partial charge in [-0.2, -0.15) is 0 Å². The third-order valence-electron chi connectivity index (χ3n) is 1.51. The van der Waals surface area contributed by atoms with Crippen LogP contribution in [0.2, 0.25) is 0 Å². The van der Waals surface area contributed by atoms with E-state index in [1.54, 1.807) is 0 Å². The Morgan fingerprint density at radius 3 is 2.60 bits per heavy atom. The molecule has 0 heterocycles. The fraction of sp³-hybridized carbons (Fsp3) is 0.750. The first-order chi connectivity index (χ1) is 4.70. The van der Waals surface area contributed by atoms with Crippen molar-refractivity contribution in [3.63, 3.8) is 0 Å². The number of ketones is 1. The van der Waals surface area contributed by atoms with Crippen LogP contribution in [0.5, 0.6) is 0 Å². The number of Topliss-reactive ketones (excluding diaryl/α,β-unsaturated/α-hetero) is 1. The van der Waals surface area contributed by atoms with Gasteiger partial charge in [-0.15, -0.1) is 0 Å². The van der Waals surface area contributed by atoms with E-state index in [9.17, 15) is 9.59 Å². The second-order valence-electron chi connectivity index (χ2n) is 2.54. The summed E-state index contributed by atoms with van der Waals surface area (Å²) in [6.45, 7) is 3.67. The predicted molar refractivity (Wildman–Crippen MR) is 39.8 cm³/mol. The molecule has 58 valence electrons. The average molecular weight is 142 g/mol. The monoisotopic (exact) mass is 142 g/mol. The van der Waals surface area contributed by atoms with Gasteiger partial charge in [0.2, 0.25) is 0 Å². The molecular weight excluding hydrogens is 128 g/mol. The van der Waals surface area contributed by atoms with Gasteiger partial charge >= 0.3 is 0 Å². The summed E-state index contributed by atoms with van der Waals surface area (Å²) in [5, 5.41) is 0. The maximum absolute atomic E-state index is 10.7. The van der Waals surface area contributed by atoms with Gasteiger partial charge in [0.1, 0.15) is 12.1 Å². The molecule has 1 atom stereocenters. The Hall–Kier alpha value is -0.660. The average Bonchev–Trinajstić information content (AvgIpc) is 1.99. The maximum Gasteiger partial charge on any atom is 0.132 e. The van der Waals surface area contributed by atoms with Crippen LogP contribution < -0.4 is 0 Å². The number of hydrogen-bond donors (Lipinski definition) is 0. The smallest absolute Gasteiger partial charge is 0.132 e. The first-order valence-corrected chi connectivity index (χ1v) is 3.67. The normalized spacial score (nSPS) is 12.6. The quantitative estimate of drug-likeness (QED) is 0.546. The molecule has 0 N–H and O–H groups in total. The molecular formula is C8H14O2. The molecule has 0 aliphatic rings. The molecule has 0 fully saturated rings. The molecule has 0 saturated carbocycles. The van der Waals surface area contributed by atoms with Gasteiger partial charge in [-0.25, -0.2) is 0 Å². The molecule has 2 heteroatoms. The summed E-state index contributed by atoms with van der Waals surface area (Å²) in [7, 11) is 0.